The Morgan fingerprint density at radius 3 is 2.94 bits per heavy atom. The van der Waals surface area contributed by atoms with Crippen LogP contribution in [0, 0.1) is 0 Å². The molecule has 3 rings (SSSR count). The summed E-state index contributed by atoms with van der Waals surface area (Å²) >= 11 is 0. The van der Waals surface area contributed by atoms with E-state index in [2.05, 4.69) is 20.5 Å². The summed E-state index contributed by atoms with van der Waals surface area (Å²) < 4.78 is 1.97. The highest BCUT2D eigenvalue weighted by atomic mass is 15.4. The fraction of sp³-hybridized carbons (Fsp3) is 0.0769. The number of nitrogens with zero attached hydrogens (tertiary/aromatic N) is 3. The number of imidazole rings is 1. The van der Waals surface area contributed by atoms with E-state index in [9.17, 15) is 0 Å². The van der Waals surface area contributed by atoms with E-state index in [4.69, 9.17) is 0 Å². The first-order valence-electron chi connectivity index (χ1n) is 5.68. The largest absolute Gasteiger partial charge is 0.360 e. The van der Waals surface area contributed by atoms with Crippen molar-refractivity contribution in [2.24, 2.45) is 12.1 Å². The molecule has 18 heavy (non-hydrogen) atoms. The van der Waals surface area contributed by atoms with Crippen molar-refractivity contribution >= 4 is 23.2 Å². The molecule has 0 saturated carbocycles. The highest BCUT2D eigenvalue weighted by Crippen LogP contribution is 2.17. The van der Waals surface area contributed by atoms with E-state index in [-0.39, 0.29) is 0 Å². The van der Waals surface area contributed by atoms with Gasteiger partial charge in [0.25, 0.3) is 0 Å². The molecule has 0 aliphatic carbocycles. The van der Waals surface area contributed by atoms with Gasteiger partial charge in [0.2, 0.25) is 5.95 Å². The highest BCUT2D eigenvalue weighted by molar-refractivity contribution is 5.80. The Bertz CT molecular complexity index is 679. The number of benzene rings is 1. The van der Waals surface area contributed by atoms with Crippen molar-refractivity contribution in [3.63, 3.8) is 0 Å². The van der Waals surface area contributed by atoms with E-state index >= 15 is 0 Å². The Labute approximate surface area is 104 Å². The number of nitrogens with one attached hydrogen (secondary N) is 2. The van der Waals surface area contributed by atoms with Gasteiger partial charge in [-0.25, -0.2) is 10.4 Å². The van der Waals surface area contributed by atoms with Crippen LogP contribution in [-0.4, -0.2) is 20.7 Å². The fourth-order valence-electron chi connectivity index (χ4n) is 1.83. The molecule has 0 unspecified atom stereocenters. The van der Waals surface area contributed by atoms with Gasteiger partial charge in [-0.1, -0.05) is 12.1 Å². The molecular weight excluding hydrogens is 226 g/mol. The Hall–Kier alpha value is -2.56. The molecule has 2 aromatic heterocycles. The molecule has 0 spiro atoms. The predicted molar refractivity (Wildman–Crippen MR) is 72.7 cm³/mol. The molecule has 0 aliphatic rings. The second-order valence-corrected chi connectivity index (χ2v) is 3.98. The van der Waals surface area contributed by atoms with Gasteiger partial charge < -0.3 is 9.55 Å². The smallest absolute Gasteiger partial charge is 0.224 e. The number of hydrogen-bond donors (Lipinski definition) is 2. The van der Waals surface area contributed by atoms with Crippen molar-refractivity contribution in [2.75, 3.05) is 5.43 Å². The van der Waals surface area contributed by atoms with Crippen LogP contribution < -0.4 is 5.43 Å². The van der Waals surface area contributed by atoms with E-state index in [0.717, 1.165) is 22.7 Å². The maximum absolute atomic E-state index is 4.46. The van der Waals surface area contributed by atoms with Gasteiger partial charge in [-0.3, -0.25) is 0 Å². The van der Waals surface area contributed by atoms with E-state index in [1.165, 1.54) is 0 Å². The molecule has 1 aromatic carbocycles. The molecule has 5 nitrogen and oxygen atoms in total. The lowest BCUT2D eigenvalue weighted by atomic mass is 10.3. The zero-order valence-electron chi connectivity index (χ0n) is 9.96. The van der Waals surface area contributed by atoms with Gasteiger partial charge in [0.15, 0.2) is 0 Å². The summed E-state index contributed by atoms with van der Waals surface area (Å²) in [5.41, 5.74) is 5.92. The molecule has 0 atom stereocenters. The van der Waals surface area contributed by atoms with Crippen LogP contribution >= 0.6 is 0 Å². The fourth-order valence-corrected chi connectivity index (χ4v) is 1.83. The van der Waals surface area contributed by atoms with E-state index in [0.29, 0.717) is 0 Å². The summed E-state index contributed by atoms with van der Waals surface area (Å²) in [5, 5.41) is 4.15. The first-order valence-corrected chi connectivity index (χ1v) is 5.68. The Kier molecular flexibility index (Phi) is 2.57. The number of anilines is 1. The summed E-state index contributed by atoms with van der Waals surface area (Å²) in [7, 11) is 1.96. The van der Waals surface area contributed by atoms with E-state index in [1.54, 1.807) is 6.21 Å². The zero-order chi connectivity index (χ0) is 12.4. The summed E-state index contributed by atoms with van der Waals surface area (Å²) in [6, 6.07) is 11.9. The molecule has 0 radical (unpaired) electrons. The molecule has 0 saturated heterocycles. The normalized spacial score (nSPS) is 11.4. The molecule has 2 N–H and O–H groups in total. The van der Waals surface area contributed by atoms with E-state index in [1.807, 2.05) is 54.2 Å². The average molecular weight is 239 g/mol. The van der Waals surface area contributed by atoms with Crippen LogP contribution in [0.1, 0.15) is 5.69 Å². The number of aryl methyl sites for hydroxylation is 1. The quantitative estimate of drug-likeness (QED) is 0.544. The number of aromatic nitrogens is 3. The minimum atomic E-state index is 0.721. The van der Waals surface area contributed by atoms with Crippen LogP contribution in [0.5, 0.6) is 0 Å². The Morgan fingerprint density at radius 2 is 2.17 bits per heavy atom. The van der Waals surface area contributed by atoms with Gasteiger partial charge in [-0.05, 0) is 24.3 Å². The van der Waals surface area contributed by atoms with Crippen molar-refractivity contribution in [2.45, 2.75) is 0 Å². The first-order chi connectivity index (χ1) is 8.84. The number of aromatic amines is 1. The highest BCUT2D eigenvalue weighted by Gasteiger charge is 2.04. The van der Waals surface area contributed by atoms with Crippen LogP contribution in [-0.2, 0) is 7.05 Å². The van der Waals surface area contributed by atoms with Crippen LogP contribution in [0.25, 0.3) is 11.0 Å². The van der Waals surface area contributed by atoms with Gasteiger partial charge in [0.1, 0.15) is 0 Å². The van der Waals surface area contributed by atoms with Crippen molar-refractivity contribution in [1.29, 1.82) is 0 Å². The molecule has 0 aliphatic heterocycles. The second-order valence-electron chi connectivity index (χ2n) is 3.98. The average Bonchev–Trinajstić information content (AvgIpc) is 3.00. The summed E-state index contributed by atoms with van der Waals surface area (Å²) in [4.78, 5) is 7.51. The first kappa shape index (κ1) is 10.6. The molecule has 2 heterocycles. The van der Waals surface area contributed by atoms with Crippen molar-refractivity contribution in [3.8, 4) is 0 Å². The standard InChI is InChI=1S/C13H13N5/c1-18-12-7-3-2-6-11(12)16-13(18)17-15-9-10-5-4-8-14-10/h2-9,14H,1H3,(H,16,17)/b15-9-. The number of fused-ring (bicyclic) bond motifs is 1. The molecule has 90 valence electrons. The lowest BCUT2D eigenvalue weighted by Crippen LogP contribution is -1.98. The minimum absolute atomic E-state index is 0.721. The number of rotatable bonds is 3. The minimum Gasteiger partial charge on any atom is -0.360 e. The summed E-state index contributed by atoms with van der Waals surface area (Å²) in [5.74, 6) is 0.721. The molecular formula is C13H13N5. The number of H-pyrrole nitrogens is 1. The van der Waals surface area contributed by atoms with Crippen LogP contribution in [0.4, 0.5) is 5.95 Å². The lowest BCUT2D eigenvalue weighted by Gasteiger charge is -1.99. The number of para-hydroxylation sites is 2. The van der Waals surface area contributed by atoms with Crippen LogP contribution in [0.3, 0.4) is 0 Å². The predicted octanol–water partition coefficient (Wildman–Crippen LogP) is 2.35. The Morgan fingerprint density at radius 1 is 1.28 bits per heavy atom. The van der Waals surface area contributed by atoms with Gasteiger partial charge >= 0.3 is 0 Å². The molecule has 0 amide bonds. The number of hydrogen-bond acceptors (Lipinski definition) is 3. The van der Waals surface area contributed by atoms with Crippen molar-refractivity contribution < 1.29 is 0 Å². The summed E-state index contributed by atoms with van der Waals surface area (Å²) in [6.07, 6.45) is 3.58. The maximum Gasteiger partial charge on any atom is 0.224 e. The third kappa shape index (κ3) is 1.86. The van der Waals surface area contributed by atoms with Gasteiger partial charge in [-0.15, -0.1) is 0 Å². The third-order valence-corrected chi connectivity index (χ3v) is 2.78. The second kappa shape index (κ2) is 4.37. The Balaban J connectivity index is 1.85. The van der Waals surface area contributed by atoms with Crippen LogP contribution in [0.2, 0.25) is 0 Å². The monoisotopic (exact) mass is 239 g/mol. The molecule has 5 heteroatoms. The maximum atomic E-state index is 4.46. The topological polar surface area (TPSA) is 58.0 Å². The SMILES string of the molecule is Cn1c(N/N=C\c2ccc[nH]2)nc2ccccc21. The van der Waals surface area contributed by atoms with Gasteiger partial charge in [-0.2, -0.15) is 5.10 Å². The van der Waals surface area contributed by atoms with E-state index < -0.39 is 0 Å². The third-order valence-electron chi connectivity index (χ3n) is 2.78. The van der Waals surface area contributed by atoms with Gasteiger partial charge in [0, 0.05) is 13.2 Å². The van der Waals surface area contributed by atoms with Gasteiger partial charge in [0.05, 0.1) is 22.9 Å². The van der Waals surface area contributed by atoms with Crippen molar-refractivity contribution in [3.05, 3.63) is 48.3 Å². The zero-order valence-corrected chi connectivity index (χ0v) is 9.96. The lowest BCUT2D eigenvalue weighted by molar-refractivity contribution is 0.943. The summed E-state index contributed by atoms with van der Waals surface area (Å²) in [6.45, 7) is 0. The molecule has 3 aromatic rings. The number of hydrazone groups is 1. The molecule has 0 fully saturated rings. The molecule has 0 bridgehead atoms. The van der Waals surface area contributed by atoms with Crippen molar-refractivity contribution in [1.82, 2.24) is 14.5 Å². The van der Waals surface area contributed by atoms with Crippen LogP contribution in [0.15, 0.2) is 47.7 Å².